The van der Waals surface area contributed by atoms with E-state index in [1.54, 1.807) is 24.3 Å². The largest absolute Gasteiger partial charge is 0.455 e. The van der Waals surface area contributed by atoms with Crippen molar-refractivity contribution in [1.82, 2.24) is 5.43 Å². The molecule has 27 heavy (non-hydrogen) atoms. The highest BCUT2D eigenvalue weighted by atomic mass is 16.6. The van der Waals surface area contributed by atoms with E-state index in [9.17, 15) is 14.9 Å². The smallest absolute Gasteiger partial charge is 0.269 e. The Morgan fingerprint density at radius 2 is 2.07 bits per heavy atom. The molecule has 2 aliphatic rings. The fraction of sp³-hybridized carbons (Fsp3) is 0.400. The molecule has 1 amide bonds. The Morgan fingerprint density at radius 3 is 2.74 bits per heavy atom. The summed E-state index contributed by atoms with van der Waals surface area (Å²) >= 11 is 0. The molecular formula is C20H21N3O4. The first kappa shape index (κ1) is 17.5. The number of nitrogens with zero attached hydrogens (tertiary/aromatic N) is 2. The molecule has 3 atom stereocenters. The number of nitro groups is 1. The molecule has 0 aliphatic heterocycles. The van der Waals surface area contributed by atoms with Crippen LogP contribution < -0.4 is 5.43 Å². The van der Waals surface area contributed by atoms with Crippen molar-refractivity contribution in [1.29, 1.82) is 0 Å². The van der Waals surface area contributed by atoms with Crippen LogP contribution in [0.3, 0.4) is 0 Å². The maximum atomic E-state index is 12.4. The van der Waals surface area contributed by atoms with Gasteiger partial charge in [-0.3, -0.25) is 14.9 Å². The molecule has 7 nitrogen and oxygen atoms in total. The van der Waals surface area contributed by atoms with Gasteiger partial charge in [0.2, 0.25) is 5.91 Å². The average Bonchev–Trinajstić information content (AvgIpc) is 3.03. The highest BCUT2D eigenvalue weighted by Crippen LogP contribution is 2.66. The number of furan rings is 1. The average molecular weight is 367 g/mol. The number of amides is 1. The molecule has 0 radical (unpaired) electrons. The van der Waals surface area contributed by atoms with E-state index in [1.807, 2.05) is 0 Å². The van der Waals surface area contributed by atoms with Gasteiger partial charge in [0.05, 0.1) is 11.1 Å². The van der Waals surface area contributed by atoms with E-state index in [2.05, 4.69) is 17.5 Å². The fourth-order valence-electron chi connectivity index (χ4n) is 4.40. The van der Waals surface area contributed by atoms with Crippen LogP contribution >= 0.6 is 0 Å². The molecule has 7 heteroatoms. The van der Waals surface area contributed by atoms with Crippen LogP contribution in [0.4, 0.5) is 5.69 Å². The Labute approximate surface area is 156 Å². The Kier molecular flexibility index (Phi) is 4.30. The lowest BCUT2D eigenvalue weighted by molar-refractivity contribution is -0.384. The second-order valence-electron chi connectivity index (χ2n) is 7.58. The Morgan fingerprint density at radius 1 is 1.30 bits per heavy atom. The van der Waals surface area contributed by atoms with Crippen LogP contribution in [0, 0.1) is 27.4 Å². The second-order valence-corrected chi connectivity index (χ2v) is 7.58. The Bertz CT molecular complexity index is 902. The van der Waals surface area contributed by atoms with Crippen LogP contribution in [0.15, 0.2) is 45.9 Å². The van der Waals surface area contributed by atoms with Gasteiger partial charge in [0.25, 0.3) is 5.69 Å². The van der Waals surface area contributed by atoms with Crippen LogP contribution in [0.5, 0.6) is 0 Å². The predicted molar refractivity (Wildman–Crippen MR) is 100 cm³/mol. The standard InChI is InChI=1S/C20H21N3O4/c1-20-11-3-2-4-16(20)18(20)19(24)22-21-12-15-9-10-17(27-15)13-5-7-14(8-6-13)23(25)26/h5-10,12,16,18H,2-4,11H2,1H3,(H,22,24)/b21-12-/t16-,18+,20+/m1/s1. The van der Waals surface area contributed by atoms with Gasteiger partial charge in [-0.25, -0.2) is 5.43 Å². The van der Waals surface area contributed by atoms with Crippen molar-refractivity contribution in [2.75, 3.05) is 0 Å². The zero-order valence-corrected chi connectivity index (χ0v) is 15.1. The number of nitrogens with one attached hydrogen (secondary N) is 1. The number of rotatable bonds is 5. The Balaban J connectivity index is 1.36. The molecule has 2 aromatic rings. The summed E-state index contributed by atoms with van der Waals surface area (Å²) in [5.74, 6) is 1.65. The van der Waals surface area contributed by atoms with E-state index < -0.39 is 4.92 Å². The topological polar surface area (TPSA) is 97.7 Å². The molecule has 1 heterocycles. The number of hydrogen-bond acceptors (Lipinski definition) is 5. The molecule has 2 saturated carbocycles. The molecule has 1 aromatic carbocycles. The number of hydrazone groups is 1. The summed E-state index contributed by atoms with van der Waals surface area (Å²) in [6, 6.07) is 9.64. The lowest BCUT2D eigenvalue weighted by atomic mass is 9.90. The summed E-state index contributed by atoms with van der Waals surface area (Å²) in [4.78, 5) is 22.6. The van der Waals surface area contributed by atoms with Crippen LogP contribution in [0.2, 0.25) is 0 Å². The molecule has 4 rings (SSSR count). The number of carbonyl (C=O) groups excluding carboxylic acids is 1. The fourth-order valence-corrected chi connectivity index (χ4v) is 4.40. The van der Waals surface area contributed by atoms with E-state index in [1.165, 1.54) is 31.2 Å². The van der Waals surface area contributed by atoms with Crippen LogP contribution in [-0.2, 0) is 4.79 Å². The van der Waals surface area contributed by atoms with Gasteiger partial charge in [0, 0.05) is 23.6 Å². The van der Waals surface area contributed by atoms with Crippen molar-refractivity contribution in [3.8, 4) is 11.3 Å². The van der Waals surface area contributed by atoms with Gasteiger partial charge in [-0.15, -0.1) is 0 Å². The van der Waals surface area contributed by atoms with Crippen molar-refractivity contribution in [2.24, 2.45) is 22.4 Å². The van der Waals surface area contributed by atoms with E-state index in [-0.39, 0.29) is 22.9 Å². The maximum absolute atomic E-state index is 12.4. The minimum Gasteiger partial charge on any atom is -0.455 e. The highest BCUT2D eigenvalue weighted by Gasteiger charge is 2.64. The first-order valence-electron chi connectivity index (χ1n) is 9.16. The lowest BCUT2D eigenvalue weighted by Gasteiger charge is -2.15. The summed E-state index contributed by atoms with van der Waals surface area (Å²) in [5, 5.41) is 14.7. The third kappa shape index (κ3) is 3.25. The van der Waals surface area contributed by atoms with Gasteiger partial charge in [-0.2, -0.15) is 5.10 Å². The summed E-state index contributed by atoms with van der Waals surface area (Å²) in [7, 11) is 0. The second kappa shape index (κ2) is 6.64. The minimum atomic E-state index is -0.441. The molecule has 1 aromatic heterocycles. The van der Waals surface area contributed by atoms with Crippen molar-refractivity contribution in [3.63, 3.8) is 0 Å². The van der Waals surface area contributed by atoms with Gasteiger partial charge in [0.15, 0.2) is 0 Å². The number of non-ortho nitro benzene ring substituents is 1. The third-order valence-electron chi connectivity index (χ3n) is 5.97. The summed E-state index contributed by atoms with van der Waals surface area (Å²) in [5.41, 5.74) is 3.56. The zero-order valence-electron chi connectivity index (χ0n) is 15.1. The quantitative estimate of drug-likeness (QED) is 0.488. The third-order valence-corrected chi connectivity index (χ3v) is 5.97. The molecule has 140 valence electrons. The van der Waals surface area contributed by atoms with Gasteiger partial charge < -0.3 is 4.42 Å². The van der Waals surface area contributed by atoms with Crippen molar-refractivity contribution in [3.05, 3.63) is 52.3 Å². The monoisotopic (exact) mass is 367 g/mol. The molecule has 0 unspecified atom stereocenters. The van der Waals surface area contributed by atoms with E-state index in [4.69, 9.17) is 4.42 Å². The molecule has 2 aliphatic carbocycles. The van der Waals surface area contributed by atoms with E-state index in [0.29, 0.717) is 17.4 Å². The van der Waals surface area contributed by atoms with Gasteiger partial charge in [-0.05, 0) is 48.4 Å². The van der Waals surface area contributed by atoms with Gasteiger partial charge in [0.1, 0.15) is 11.5 Å². The van der Waals surface area contributed by atoms with E-state index >= 15 is 0 Å². The first-order chi connectivity index (χ1) is 13.0. The summed E-state index contributed by atoms with van der Waals surface area (Å²) in [6.07, 6.45) is 6.15. The SMILES string of the molecule is C[C@]12CCCC[C@@H]1[C@H]2C(=O)N/N=C\c1ccc(-c2ccc([N+](=O)[O-])cc2)o1. The number of nitro benzene ring substituents is 1. The molecular weight excluding hydrogens is 346 g/mol. The lowest BCUT2D eigenvalue weighted by Crippen LogP contribution is -2.22. The zero-order chi connectivity index (χ0) is 19.0. The maximum Gasteiger partial charge on any atom is 0.269 e. The van der Waals surface area contributed by atoms with Crippen LogP contribution in [0.25, 0.3) is 11.3 Å². The number of fused-ring (bicyclic) bond motifs is 1. The first-order valence-corrected chi connectivity index (χ1v) is 9.16. The van der Waals surface area contributed by atoms with Crippen molar-refractivity contribution >= 4 is 17.8 Å². The number of hydrogen-bond donors (Lipinski definition) is 1. The predicted octanol–water partition coefficient (Wildman–Crippen LogP) is 4.13. The van der Waals surface area contributed by atoms with Crippen LogP contribution in [-0.4, -0.2) is 17.0 Å². The van der Waals surface area contributed by atoms with Crippen molar-refractivity contribution < 1.29 is 14.1 Å². The van der Waals surface area contributed by atoms with Gasteiger partial charge >= 0.3 is 0 Å². The number of benzene rings is 1. The van der Waals surface area contributed by atoms with Crippen molar-refractivity contribution in [2.45, 2.75) is 32.6 Å². The molecule has 1 N–H and O–H groups in total. The van der Waals surface area contributed by atoms with Crippen LogP contribution in [0.1, 0.15) is 38.4 Å². The normalized spacial score (nSPS) is 26.6. The van der Waals surface area contributed by atoms with E-state index in [0.717, 1.165) is 18.4 Å². The molecule has 0 saturated heterocycles. The Hall–Kier alpha value is -2.96. The minimum absolute atomic E-state index is 0.0113. The summed E-state index contributed by atoms with van der Waals surface area (Å²) in [6.45, 7) is 2.20. The molecule has 2 fully saturated rings. The molecule has 0 spiro atoms. The molecule has 0 bridgehead atoms. The summed E-state index contributed by atoms with van der Waals surface area (Å²) < 4.78 is 5.67. The van der Waals surface area contributed by atoms with Gasteiger partial charge in [-0.1, -0.05) is 19.8 Å². The number of carbonyl (C=O) groups is 1. The highest BCUT2D eigenvalue weighted by molar-refractivity contribution is 5.85.